The molecule has 0 radical (unpaired) electrons. The number of rotatable bonds is 6. The van der Waals surface area contributed by atoms with Crippen molar-refractivity contribution < 1.29 is 14.3 Å². The van der Waals surface area contributed by atoms with Crippen molar-refractivity contribution in [2.75, 3.05) is 13.2 Å². The third-order valence-electron chi connectivity index (χ3n) is 2.63. The molecule has 3 nitrogen and oxygen atoms in total. The molecule has 0 fully saturated rings. The predicted molar refractivity (Wildman–Crippen MR) is 67.1 cm³/mol. The molecule has 0 aromatic heterocycles. The average Bonchev–Trinajstić information content (AvgIpc) is 2.35. The third kappa shape index (κ3) is 4.89. The number of aryl methyl sites for hydroxylation is 1. The van der Waals surface area contributed by atoms with Crippen LogP contribution in [0.25, 0.3) is 0 Å². The van der Waals surface area contributed by atoms with Crippen LogP contribution < -0.4 is 4.74 Å². The Morgan fingerprint density at radius 2 is 1.88 bits per heavy atom. The second-order valence-electron chi connectivity index (χ2n) is 4.14. The Hall–Kier alpha value is -1.51. The van der Waals surface area contributed by atoms with E-state index in [9.17, 15) is 4.79 Å². The van der Waals surface area contributed by atoms with Crippen LogP contribution in [0, 0.1) is 12.8 Å². The molecular weight excluding hydrogens is 216 g/mol. The van der Waals surface area contributed by atoms with Gasteiger partial charge in [0.25, 0.3) is 0 Å². The molecule has 1 rings (SSSR count). The first-order valence-corrected chi connectivity index (χ1v) is 5.99. The largest absolute Gasteiger partial charge is 0.490 e. The highest BCUT2D eigenvalue weighted by Gasteiger charge is 2.11. The summed E-state index contributed by atoms with van der Waals surface area (Å²) in [5.41, 5.74) is 1.19. The van der Waals surface area contributed by atoms with Crippen molar-refractivity contribution >= 4 is 5.97 Å². The Morgan fingerprint density at radius 3 is 2.47 bits per heavy atom. The monoisotopic (exact) mass is 236 g/mol. The summed E-state index contributed by atoms with van der Waals surface area (Å²) < 4.78 is 10.5. The lowest BCUT2D eigenvalue weighted by molar-refractivity contribution is -0.148. The first kappa shape index (κ1) is 13.6. The van der Waals surface area contributed by atoms with E-state index in [0.29, 0.717) is 13.2 Å². The summed E-state index contributed by atoms with van der Waals surface area (Å²) in [6, 6.07) is 7.79. The zero-order valence-corrected chi connectivity index (χ0v) is 10.7. The summed E-state index contributed by atoms with van der Waals surface area (Å²) in [6.07, 6.45) is 0.803. The summed E-state index contributed by atoms with van der Waals surface area (Å²) in [5.74, 6) is 0.615. The van der Waals surface area contributed by atoms with Crippen LogP contribution in [0.15, 0.2) is 24.3 Å². The van der Waals surface area contributed by atoms with Gasteiger partial charge in [0, 0.05) is 0 Å². The van der Waals surface area contributed by atoms with E-state index in [4.69, 9.17) is 9.47 Å². The van der Waals surface area contributed by atoms with Crippen LogP contribution >= 0.6 is 0 Å². The summed E-state index contributed by atoms with van der Waals surface area (Å²) in [4.78, 5) is 11.4. The molecule has 0 aliphatic heterocycles. The molecule has 0 N–H and O–H groups in total. The van der Waals surface area contributed by atoms with Crippen LogP contribution in [0.3, 0.4) is 0 Å². The molecular formula is C14H20O3. The molecule has 0 bridgehead atoms. The van der Waals surface area contributed by atoms with Crippen molar-refractivity contribution in [2.45, 2.75) is 27.2 Å². The Morgan fingerprint density at radius 1 is 1.24 bits per heavy atom. The number of esters is 1. The lowest BCUT2D eigenvalue weighted by Crippen LogP contribution is -2.17. The summed E-state index contributed by atoms with van der Waals surface area (Å²) in [6.45, 7) is 6.55. The number of hydrogen-bond donors (Lipinski definition) is 0. The van der Waals surface area contributed by atoms with Crippen molar-refractivity contribution in [3.63, 3.8) is 0 Å². The van der Waals surface area contributed by atoms with Crippen molar-refractivity contribution in [2.24, 2.45) is 5.92 Å². The number of carbonyl (C=O) groups is 1. The maximum Gasteiger partial charge on any atom is 0.308 e. The quantitative estimate of drug-likeness (QED) is 0.562. The minimum atomic E-state index is -0.153. The first-order valence-electron chi connectivity index (χ1n) is 5.99. The fraction of sp³-hybridized carbons (Fsp3) is 0.500. The van der Waals surface area contributed by atoms with Gasteiger partial charge in [-0.1, -0.05) is 31.5 Å². The molecule has 1 aromatic carbocycles. The van der Waals surface area contributed by atoms with Gasteiger partial charge in [-0.15, -0.1) is 0 Å². The van der Waals surface area contributed by atoms with E-state index >= 15 is 0 Å². The second kappa shape index (κ2) is 6.94. The van der Waals surface area contributed by atoms with E-state index in [0.717, 1.165) is 12.2 Å². The molecule has 0 heterocycles. The third-order valence-corrected chi connectivity index (χ3v) is 2.63. The predicted octanol–water partition coefficient (Wildman–Crippen LogP) is 2.96. The zero-order chi connectivity index (χ0) is 12.7. The summed E-state index contributed by atoms with van der Waals surface area (Å²) in [7, 11) is 0. The molecule has 3 heteroatoms. The summed E-state index contributed by atoms with van der Waals surface area (Å²) >= 11 is 0. The fourth-order valence-electron chi connectivity index (χ4n) is 1.25. The van der Waals surface area contributed by atoms with Gasteiger partial charge < -0.3 is 9.47 Å². The lowest BCUT2D eigenvalue weighted by Gasteiger charge is -2.10. The first-order chi connectivity index (χ1) is 8.13. The molecule has 1 atom stereocenters. The van der Waals surface area contributed by atoms with E-state index in [1.807, 2.05) is 45.0 Å². The zero-order valence-electron chi connectivity index (χ0n) is 10.7. The van der Waals surface area contributed by atoms with Gasteiger partial charge >= 0.3 is 5.97 Å². The molecule has 0 aliphatic rings. The highest BCUT2D eigenvalue weighted by Crippen LogP contribution is 2.11. The van der Waals surface area contributed by atoms with Crippen molar-refractivity contribution in [3.8, 4) is 5.75 Å². The molecule has 94 valence electrons. The Balaban J connectivity index is 2.20. The van der Waals surface area contributed by atoms with E-state index < -0.39 is 0 Å². The maximum atomic E-state index is 11.4. The molecule has 1 unspecified atom stereocenters. The number of benzene rings is 1. The SMILES string of the molecule is CCC(C)C(=O)OCCOc1ccc(C)cc1. The molecule has 0 spiro atoms. The molecule has 0 saturated heterocycles. The Kier molecular flexibility index (Phi) is 5.53. The van der Waals surface area contributed by atoms with Crippen LogP contribution in [0.4, 0.5) is 0 Å². The van der Waals surface area contributed by atoms with Crippen molar-refractivity contribution in [3.05, 3.63) is 29.8 Å². The molecule has 0 aliphatic carbocycles. The highest BCUT2D eigenvalue weighted by atomic mass is 16.6. The van der Waals surface area contributed by atoms with E-state index in [1.165, 1.54) is 5.56 Å². The van der Waals surface area contributed by atoms with Gasteiger partial charge in [-0.3, -0.25) is 4.79 Å². The topological polar surface area (TPSA) is 35.5 Å². The minimum Gasteiger partial charge on any atom is -0.490 e. The van der Waals surface area contributed by atoms with Gasteiger partial charge in [-0.05, 0) is 25.5 Å². The van der Waals surface area contributed by atoms with E-state index in [-0.39, 0.29) is 11.9 Å². The van der Waals surface area contributed by atoms with Gasteiger partial charge in [-0.25, -0.2) is 0 Å². The van der Waals surface area contributed by atoms with Crippen LogP contribution in [-0.4, -0.2) is 19.2 Å². The molecule has 0 amide bonds. The maximum absolute atomic E-state index is 11.4. The summed E-state index contributed by atoms with van der Waals surface area (Å²) in [5, 5.41) is 0. The molecule has 17 heavy (non-hydrogen) atoms. The van der Waals surface area contributed by atoms with Crippen LogP contribution in [0.1, 0.15) is 25.8 Å². The van der Waals surface area contributed by atoms with Crippen LogP contribution in [0.5, 0.6) is 5.75 Å². The van der Waals surface area contributed by atoms with Gasteiger partial charge in [0.15, 0.2) is 0 Å². The standard InChI is InChI=1S/C14H20O3/c1-4-12(3)14(15)17-10-9-16-13-7-5-11(2)6-8-13/h5-8,12H,4,9-10H2,1-3H3. The Labute approximate surface area is 103 Å². The van der Waals surface area contributed by atoms with Gasteiger partial charge in [0.1, 0.15) is 19.0 Å². The van der Waals surface area contributed by atoms with Gasteiger partial charge in [0.2, 0.25) is 0 Å². The van der Waals surface area contributed by atoms with E-state index in [1.54, 1.807) is 0 Å². The Bertz CT molecular complexity index is 343. The fourth-order valence-corrected chi connectivity index (χ4v) is 1.25. The minimum absolute atomic E-state index is 0.0330. The van der Waals surface area contributed by atoms with Gasteiger partial charge in [0.05, 0.1) is 5.92 Å². The molecule has 1 aromatic rings. The second-order valence-corrected chi connectivity index (χ2v) is 4.14. The average molecular weight is 236 g/mol. The van der Waals surface area contributed by atoms with Crippen LogP contribution in [0.2, 0.25) is 0 Å². The van der Waals surface area contributed by atoms with Crippen molar-refractivity contribution in [1.82, 2.24) is 0 Å². The van der Waals surface area contributed by atoms with Gasteiger partial charge in [-0.2, -0.15) is 0 Å². The van der Waals surface area contributed by atoms with Crippen LogP contribution in [-0.2, 0) is 9.53 Å². The molecule has 0 saturated carbocycles. The number of carbonyl (C=O) groups excluding carboxylic acids is 1. The number of hydrogen-bond acceptors (Lipinski definition) is 3. The van der Waals surface area contributed by atoms with E-state index in [2.05, 4.69) is 0 Å². The highest BCUT2D eigenvalue weighted by molar-refractivity contribution is 5.71. The van der Waals surface area contributed by atoms with Crippen molar-refractivity contribution in [1.29, 1.82) is 0 Å². The number of ether oxygens (including phenoxy) is 2. The normalized spacial score (nSPS) is 11.9. The lowest BCUT2D eigenvalue weighted by atomic mass is 10.1. The smallest absolute Gasteiger partial charge is 0.308 e.